The normalized spacial score (nSPS) is 17.8. The summed E-state index contributed by atoms with van der Waals surface area (Å²) in [7, 11) is 0. The average molecular weight is 465 g/mol. The first-order valence-electron chi connectivity index (χ1n) is 10.2. The number of rotatable bonds is 5. The van der Waals surface area contributed by atoms with Gasteiger partial charge >= 0.3 is 0 Å². The molecule has 0 bridgehead atoms. The van der Waals surface area contributed by atoms with Crippen LogP contribution in [0.2, 0.25) is 5.02 Å². The molecule has 1 saturated heterocycles. The van der Waals surface area contributed by atoms with E-state index in [4.69, 9.17) is 16.0 Å². The number of hydrogen-bond acceptors (Lipinski definition) is 7. The number of anilines is 1. The largest absolute Gasteiger partial charge is 0.439 e. The maximum Gasteiger partial charge on any atom is 0.264 e. The summed E-state index contributed by atoms with van der Waals surface area (Å²) in [6.07, 6.45) is 1.74. The predicted molar refractivity (Wildman–Crippen MR) is 117 cm³/mol. The third kappa shape index (κ3) is 3.76. The molecule has 0 aliphatic carbocycles. The quantitative estimate of drug-likeness (QED) is 0.556. The molecule has 2 aromatic carbocycles. The van der Waals surface area contributed by atoms with Crippen LogP contribution >= 0.6 is 11.6 Å². The Bertz CT molecular complexity index is 1320. The lowest BCUT2D eigenvalue weighted by Crippen LogP contribution is -2.54. The molecule has 2 aliphatic rings. The van der Waals surface area contributed by atoms with E-state index in [9.17, 15) is 19.2 Å². The average Bonchev–Trinajstić information content (AvgIpc) is 3.37. The van der Waals surface area contributed by atoms with Crippen LogP contribution in [0.25, 0.3) is 11.3 Å². The number of halogens is 1. The van der Waals surface area contributed by atoms with Gasteiger partial charge in [0.25, 0.3) is 11.8 Å². The second-order valence-corrected chi connectivity index (χ2v) is 8.09. The summed E-state index contributed by atoms with van der Waals surface area (Å²) >= 11 is 6.03. The van der Waals surface area contributed by atoms with Gasteiger partial charge in [0.2, 0.25) is 17.7 Å². The number of amides is 4. The van der Waals surface area contributed by atoms with Gasteiger partial charge in [0.05, 0.1) is 23.9 Å². The maximum absolute atomic E-state index is 13.1. The first kappa shape index (κ1) is 20.9. The number of fused-ring (bicyclic) bond motifs is 1. The minimum atomic E-state index is -1.02. The molecule has 2 aliphatic heterocycles. The summed E-state index contributed by atoms with van der Waals surface area (Å²) in [4.78, 5) is 54.9. The Balaban J connectivity index is 1.36. The summed E-state index contributed by atoms with van der Waals surface area (Å²) in [5.41, 5.74) is 1.57. The second kappa shape index (κ2) is 8.18. The molecule has 1 atom stereocenters. The van der Waals surface area contributed by atoms with E-state index in [0.29, 0.717) is 22.4 Å². The van der Waals surface area contributed by atoms with Crippen LogP contribution in [0.4, 0.5) is 5.69 Å². The fourth-order valence-corrected chi connectivity index (χ4v) is 4.19. The highest BCUT2D eigenvalue weighted by molar-refractivity contribution is 6.30. The van der Waals surface area contributed by atoms with Crippen molar-refractivity contribution in [1.82, 2.24) is 15.2 Å². The molecule has 0 saturated carbocycles. The fraction of sp³-hybridized carbons (Fsp3) is 0.174. The van der Waals surface area contributed by atoms with Gasteiger partial charge in [0.1, 0.15) is 6.04 Å². The predicted octanol–water partition coefficient (Wildman–Crippen LogP) is 3.01. The van der Waals surface area contributed by atoms with Crippen molar-refractivity contribution >= 4 is 40.9 Å². The third-order valence-corrected chi connectivity index (χ3v) is 5.80. The van der Waals surface area contributed by atoms with E-state index >= 15 is 0 Å². The van der Waals surface area contributed by atoms with Gasteiger partial charge in [-0.3, -0.25) is 29.4 Å². The molecule has 1 fully saturated rings. The number of benzene rings is 2. The van der Waals surface area contributed by atoms with Crippen molar-refractivity contribution in [2.75, 3.05) is 5.32 Å². The number of piperidine rings is 1. The topological polar surface area (TPSA) is 122 Å². The van der Waals surface area contributed by atoms with Crippen LogP contribution in [0.3, 0.4) is 0 Å². The van der Waals surface area contributed by atoms with E-state index in [0.717, 1.165) is 10.5 Å². The van der Waals surface area contributed by atoms with E-state index in [1.54, 1.807) is 30.5 Å². The fourth-order valence-electron chi connectivity index (χ4n) is 4.00. The van der Waals surface area contributed by atoms with E-state index in [-0.39, 0.29) is 30.5 Å². The number of nitrogens with one attached hydrogen (secondary N) is 2. The zero-order valence-electron chi connectivity index (χ0n) is 17.1. The SMILES string of the molecule is O=C1CCC(N2C(=O)c3cccc(NCc4ncc(-c5cccc(Cl)c5)o4)c3C2=O)C(=O)N1. The van der Waals surface area contributed by atoms with Gasteiger partial charge in [0.15, 0.2) is 5.76 Å². The lowest BCUT2D eigenvalue weighted by atomic mass is 10.0. The highest BCUT2D eigenvalue weighted by Crippen LogP contribution is 2.33. The number of imide groups is 2. The molecule has 3 aromatic rings. The molecule has 2 N–H and O–H groups in total. The number of nitrogens with zero attached hydrogens (tertiary/aromatic N) is 2. The number of carbonyl (C=O) groups excluding carboxylic acids is 4. The molecule has 33 heavy (non-hydrogen) atoms. The van der Waals surface area contributed by atoms with E-state index in [2.05, 4.69) is 15.6 Å². The molecular formula is C23H17ClN4O5. The lowest BCUT2D eigenvalue weighted by Gasteiger charge is -2.27. The highest BCUT2D eigenvalue weighted by atomic mass is 35.5. The highest BCUT2D eigenvalue weighted by Gasteiger charge is 2.45. The molecule has 9 nitrogen and oxygen atoms in total. The summed E-state index contributed by atoms with van der Waals surface area (Å²) in [6, 6.07) is 11.0. The van der Waals surface area contributed by atoms with Gasteiger partial charge in [-0.1, -0.05) is 29.8 Å². The van der Waals surface area contributed by atoms with Crippen molar-refractivity contribution in [3.8, 4) is 11.3 Å². The number of carbonyl (C=O) groups is 4. The number of hydrogen-bond donors (Lipinski definition) is 2. The van der Waals surface area contributed by atoms with Gasteiger partial charge in [-0.05, 0) is 30.7 Å². The molecule has 0 radical (unpaired) electrons. The van der Waals surface area contributed by atoms with Gasteiger partial charge in [-0.15, -0.1) is 0 Å². The number of oxazole rings is 1. The first-order valence-corrected chi connectivity index (χ1v) is 10.6. The van der Waals surface area contributed by atoms with Gasteiger partial charge in [-0.2, -0.15) is 0 Å². The van der Waals surface area contributed by atoms with Crippen molar-refractivity contribution in [2.24, 2.45) is 0 Å². The Kier molecular flexibility index (Phi) is 5.18. The summed E-state index contributed by atoms with van der Waals surface area (Å²) in [5.74, 6) is -1.29. The third-order valence-electron chi connectivity index (χ3n) is 5.56. The van der Waals surface area contributed by atoms with Crippen LogP contribution in [0.15, 0.2) is 53.1 Å². The standard InChI is InChI=1S/C23H17ClN4O5/c24-13-4-1-3-12(9-13)17-10-26-19(33-17)11-25-15-6-2-5-14-20(15)23(32)28(22(14)31)16-7-8-18(29)27-21(16)30/h1-6,9-10,16,25H,7-8,11H2,(H,27,29,30). The minimum Gasteiger partial charge on any atom is -0.439 e. The maximum atomic E-state index is 13.1. The Morgan fingerprint density at radius 2 is 1.94 bits per heavy atom. The van der Waals surface area contributed by atoms with E-state index < -0.39 is 29.7 Å². The zero-order chi connectivity index (χ0) is 23.1. The molecule has 5 rings (SSSR count). The smallest absolute Gasteiger partial charge is 0.264 e. The molecule has 3 heterocycles. The van der Waals surface area contributed by atoms with Crippen LogP contribution < -0.4 is 10.6 Å². The summed E-state index contributed by atoms with van der Waals surface area (Å²) in [5, 5.41) is 5.86. The van der Waals surface area contributed by atoms with Crippen molar-refractivity contribution in [2.45, 2.75) is 25.4 Å². The van der Waals surface area contributed by atoms with Gasteiger partial charge < -0.3 is 9.73 Å². The molecule has 1 aromatic heterocycles. The Morgan fingerprint density at radius 3 is 2.73 bits per heavy atom. The van der Waals surface area contributed by atoms with Crippen molar-refractivity contribution < 1.29 is 23.6 Å². The monoisotopic (exact) mass is 464 g/mol. The van der Waals surface area contributed by atoms with Crippen LogP contribution in [0.1, 0.15) is 39.4 Å². The van der Waals surface area contributed by atoms with Crippen LogP contribution in [0, 0.1) is 0 Å². The lowest BCUT2D eigenvalue weighted by molar-refractivity contribution is -0.136. The number of aromatic nitrogens is 1. The van der Waals surface area contributed by atoms with E-state index in [1.807, 2.05) is 12.1 Å². The minimum absolute atomic E-state index is 0.0635. The van der Waals surface area contributed by atoms with E-state index in [1.165, 1.54) is 6.07 Å². The Hall–Kier alpha value is -3.98. The van der Waals surface area contributed by atoms with Gasteiger partial charge in [-0.25, -0.2) is 4.98 Å². The zero-order valence-corrected chi connectivity index (χ0v) is 17.9. The Labute approximate surface area is 192 Å². The van der Waals surface area contributed by atoms with Crippen molar-refractivity contribution in [3.05, 3.63) is 70.7 Å². The van der Waals surface area contributed by atoms with Gasteiger partial charge in [0, 0.05) is 22.7 Å². The van der Waals surface area contributed by atoms with Crippen molar-refractivity contribution in [1.29, 1.82) is 0 Å². The molecule has 0 spiro atoms. The molecule has 166 valence electrons. The molecule has 10 heteroatoms. The molecule has 4 amide bonds. The van der Waals surface area contributed by atoms with Crippen LogP contribution in [-0.4, -0.2) is 39.6 Å². The Morgan fingerprint density at radius 1 is 1.12 bits per heavy atom. The van der Waals surface area contributed by atoms with Crippen LogP contribution in [0.5, 0.6) is 0 Å². The summed E-state index contributed by atoms with van der Waals surface area (Å²) in [6.45, 7) is 0.164. The van der Waals surface area contributed by atoms with Crippen LogP contribution in [-0.2, 0) is 16.1 Å². The van der Waals surface area contributed by atoms with Crippen molar-refractivity contribution in [3.63, 3.8) is 0 Å². The first-order chi connectivity index (χ1) is 15.9. The molecule has 1 unspecified atom stereocenters. The summed E-state index contributed by atoms with van der Waals surface area (Å²) < 4.78 is 5.77. The molecular weight excluding hydrogens is 448 g/mol. The second-order valence-electron chi connectivity index (χ2n) is 7.66.